The molecule has 1 N–H and O–H groups in total. The molecule has 1 aliphatic rings. The molecule has 0 saturated heterocycles. The minimum Gasteiger partial charge on any atom is -0.497 e. The number of ether oxygens (including phenoxy) is 1. The van der Waals surface area contributed by atoms with Gasteiger partial charge < -0.3 is 15.0 Å². The molecule has 0 radical (unpaired) electrons. The van der Waals surface area contributed by atoms with Crippen LogP contribution in [0.5, 0.6) is 5.75 Å². The molecule has 0 spiro atoms. The van der Waals surface area contributed by atoms with Gasteiger partial charge in [0.15, 0.2) is 0 Å². The summed E-state index contributed by atoms with van der Waals surface area (Å²) in [5.74, 6) is 0.877. The number of methoxy groups -OCH3 is 1. The van der Waals surface area contributed by atoms with Crippen LogP contribution in [0.25, 0.3) is 0 Å². The van der Waals surface area contributed by atoms with Crippen LogP contribution < -0.4 is 15.0 Å². The van der Waals surface area contributed by atoms with Crippen LogP contribution in [0.4, 0.5) is 11.4 Å². The molecule has 2 rings (SSSR count). The van der Waals surface area contributed by atoms with Crippen LogP contribution in [0.3, 0.4) is 0 Å². The van der Waals surface area contributed by atoms with E-state index in [1.165, 1.54) is 0 Å². The SMILES string of the molecule is COc1ccc2c(c1)N(C)C(=O)CC(C)N2. The molecule has 86 valence electrons. The highest BCUT2D eigenvalue weighted by atomic mass is 16.5. The van der Waals surface area contributed by atoms with Crippen LogP contribution in [-0.2, 0) is 4.79 Å². The lowest BCUT2D eigenvalue weighted by Gasteiger charge is -2.17. The predicted molar refractivity (Wildman–Crippen MR) is 64.1 cm³/mol. The van der Waals surface area contributed by atoms with Crippen molar-refractivity contribution in [2.45, 2.75) is 19.4 Å². The molecule has 4 nitrogen and oxygen atoms in total. The topological polar surface area (TPSA) is 41.6 Å². The van der Waals surface area contributed by atoms with E-state index in [4.69, 9.17) is 4.74 Å². The Morgan fingerprint density at radius 3 is 2.94 bits per heavy atom. The standard InChI is InChI=1S/C12H16N2O2/c1-8-6-12(15)14(2)11-7-9(16-3)4-5-10(11)13-8/h4-5,7-8,13H,6H2,1-3H3. The molecular weight excluding hydrogens is 204 g/mol. The summed E-state index contributed by atoms with van der Waals surface area (Å²) in [7, 11) is 3.41. The summed E-state index contributed by atoms with van der Waals surface area (Å²) in [6, 6.07) is 5.87. The number of nitrogens with one attached hydrogen (secondary N) is 1. The normalized spacial score (nSPS) is 19.8. The smallest absolute Gasteiger partial charge is 0.228 e. The van der Waals surface area contributed by atoms with E-state index in [1.807, 2.05) is 25.1 Å². The van der Waals surface area contributed by atoms with Crippen molar-refractivity contribution in [2.24, 2.45) is 0 Å². The van der Waals surface area contributed by atoms with Crippen molar-refractivity contribution >= 4 is 17.3 Å². The summed E-state index contributed by atoms with van der Waals surface area (Å²) in [4.78, 5) is 13.5. The fourth-order valence-electron chi connectivity index (χ4n) is 1.89. The van der Waals surface area contributed by atoms with Gasteiger partial charge in [-0.15, -0.1) is 0 Å². The molecule has 0 bridgehead atoms. The molecule has 1 aliphatic heterocycles. The molecule has 1 atom stereocenters. The van der Waals surface area contributed by atoms with Crippen molar-refractivity contribution in [2.75, 3.05) is 24.4 Å². The summed E-state index contributed by atoms with van der Waals surface area (Å²) in [5, 5.41) is 3.32. The number of rotatable bonds is 1. The van der Waals surface area contributed by atoms with Crippen molar-refractivity contribution in [1.29, 1.82) is 0 Å². The van der Waals surface area contributed by atoms with E-state index in [1.54, 1.807) is 19.1 Å². The zero-order chi connectivity index (χ0) is 11.7. The molecule has 4 heteroatoms. The number of carbonyl (C=O) groups is 1. The lowest BCUT2D eigenvalue weighted by Crippen LogP contribution is -2.27. The first-order valence-electron chi connectivity index (χ1n) is 5.33. The van der Waals surface area contributed by atoms with E-state index in [0.29, 0.717) is 6.42 Å². The van der Waals surface area contributed by atoms with Crippen LogP contribution >= 0.6 is 0 Å². The molecule has 0 fully saturated rings. The van der Waals surface area contributed by atoms with E-state index < -0.39 is 0 Å². The van der Waals surface area contributed by atoms with Crippen molar-refractivity contribution in [1.82, 2.24) is 0 Å². The van der Waals surface area contributed by atoms with Gasteiger partial charge in [-0.05, 0) is 19.1 Å². The van der Waals surface area contributed by atoms with Gasteiger partial charge in [0.2, 0.25) is 5.91 Å². The van der Waals surface area contributed by atoms with Crippen LogP contribution in [0, 0.1) is 0 Å². The molecule has 16 heavy (non-hydrogen) atoms. The Morgan fingerprint density at radius 1 is 1.50 bits per heavy atom. The van der Waals surface area contributed by atoms with Gasteiger partial charge in [0.25, 0.3) is 0 Å². The van der Waals surface area contributed by atoms with Gasteiger partial charge >= 0.3 is 0 Å². The van der Waals surface area contributed by atoms with E-state index in [2.05, 4.69) is 5.32 Å². The first-order valence-corrected chi connectivity index (χ1v) is 5.33. The molecule has 1 amide bonds. The molecule has 0 aromatic heterocycles. The maximum Gasteiger partial charge on any atom is 0.228 e. The Hall–Kier alpha value is -1.71. The third-order valence-corrected chi connectivity index (χ3v) is 2.82. The summed E-state index contributed by atoms with van der Waals surface area (Å²) in [6.45, 7) is 2.01. The Morgan fingerprint density at radius 2 is 2.25 bits per heavy atom. The Kier molecular flexibility index (Phi) is 2.73. The fourth-order valence-corrected chi connectivity index (χ4v) is 1.89. The minimum absolute atomic E-state index is 0.118. The number of amides is 1. The molecule has 1 heterocycles. The van der Waals surface area contributed by atoms with E-state index in [-0.39, 0.29) is 11.9 Å². The highest BCUT2D eigenvalue weighted by Gasteiger charge is 2.22. The summed E-state index contributed by atoms with van der Waals surface area (Å²) in [6.07, 6.45) is 0.507. The lowest BCUT2D eigenvalue weighted by molar-refractivity contribution is -0.118. The number of nitrogens with zero attached hydrogens (tertiary/aromatic N) is 1. The van der Waals surface area contributed by atoms with Crippen molar-refractivity contribution < 1.29 is 9.53 Å². The second-order valence-corrected chi connectivity index (χ2v) is 4.09. The van der Waals surface area contributed by atoms with Gasteiger partial charge in [0.05, 0.1) is 18.5 Å². The van der Waals surface area contributed by atoms with Crippen molar-refractivity contribution in [3.8, 4) is 5.75 Å². The van der Waals surface area contributed by atoms with E-state index >= 15 is 0 Å². The van der Waals surface area contributed by atoms with Crippen LogP contribution in [0.15, 0.2) is 18.2 Å². The lowest BCUT2D eigenvalue weighted by atomic mass is 10.2. The van der Waals surface area contributed by atoms with Gasteiger partial charge in [-0.1, -0.05) is 0 Å². The highest BCUT2D eigenvalue weighted by molar-refractivity contribution is 5.98. The average molecular weight is 220 g/mol. The van der Waals surface area contributed by atoms with E-state index in [0.717, 1.165) is 17.1 Å². The summed E-state index contributed by atoms with van der Waals surface area (Å²) in [5.41, 5.74) is 1.84. The summed E-state index contributed by atoms with van der Waals surface area (Å²) < 4.78 is 5.17. The van der Waals surface area contributed by atoms with Crippen molar-refractivity contribution in [3.63, 3.8) is 0 Å². The van der Waals surface area contributed by atoms with Crippen LogP contribution in [0.2, 0.25) is 0 Å². The molecule has 1 aromatic carbocycles. The third-order valence-electron chi connectivity index (χ3n) is 2.82. The zero-order valence-corrected chi connectivity index (χ0v) is 9.78. The molecule has 1 unspecified atom stereocenters. The van der Waals surface area contributed by atoms with Gasteiger partial charge in [-0.2, -0.15) is 0 Å². The first kappa shape index (κ1) is 10.8. The third kappa shape index (κ3) is 1.83. The monoisotopic (exact) mass is 220 g/mol. The number of benzene rings is 1. The second kappa shape index (κ2) is 4.04. The Balaban J connectivity index is 2.47. The fraction of sp³-hybridized carbons (Fsp3) is 0.417. The Bertz CT molecular complexity index is 417. The zero-order valence-electron chi connectivity index (χ0n) is 9.78. The highest BCUT2D eigenvalue weighted by Crippen LogP contribution is 2.32. The first-order chi connectivity index (χ1) is 7.61. The number of anilines is 2. The van der Waals surface area contributed by atoms with Gasteiger partial charge in [0, 0.05) is 25.6 Å². The van der Waals surface area contributed by atoms with Gasteiger partial charge in [-0.25, -0.2) is 0 Å². The second-order valence-electron chi connectivity index (χ2n) is 4.09. The maximum absolute atomic E-state index is 11.8. The average Bonchev–Trinajstić information content (AvgIpc) is 2.37. The van der Waals surface area contributed by atoms with E-state index in [9.17, 15) is 4.79 Å². The summed E-state index contributed by atoms with van der Waals surface area (Å²) >= 11 is 0. The Labute approximate surface area is 95.2 Å². The number of hydrogen-bond donors (Lipinski definition) is 1. The molecule has 0 aliphatic carbocycles. The maximum atomic E-state index is 11.8. The number of fused-ring (bicyclic) bond motifs is 1. The van der Waals surface area contributed by atoms with Crippen LogP contribution in [-0.4, -0.2) is 26.1 Å². The molecule has 0 saturated carbocycles. The molecule has 1 aromatic rings. The largest absolute Gasteiger partial charge is 0.497 e. The molecular formula is C12H16N2O2. The van der Waals surface area contributed by atoms with Crippen molar-refractivity contribution in [3.05, 3.63) is 18.2 Å². The number of hydrogen-bond acceptors (Lipinski definition) is 3. The van der Waals surface area contributed by atoms with Crippen LogP contribution in [0.1, 0.15) is 13.3 Å². The quantitative estimate of drug-likeness (QED) is 0.785. The number of carbonyl (C=O) groups excluding carboxylic acids is 1. The predicted octanol–water partition coefficient (Wildman–Crippen LogP) is 1.86. The van der Waals surface area contributed by atoms with Gasteiger partial charge in [0.1, 0.15) is 5.75 Å². The minimum atomic E-state index is 0.118. The van der Waals surface area contributed by atoms with Gasteiger partial charge in [-0.3, -0.25) is 4.79 Å².